The van der Waals surface area contributed by atoms with Crippen LogP contribution in [0.15, 0.2) is 29.8 Å². The molecular weight excluding hydrogens is 182 g/mol. The number of nitrogens with one attached hydrogen (secondary N) is 1. The second kappa shape index (κ2) is 3.62. The van der Waals surface area contributed by atoms with E-state index < -0.39 is 0 Å². The van der Waals surface area contributed by atoms with Crippen LogP contribution >= 0.6 is 11.3 Å². The molecular formula is C9H11N3S. The summed E-state index contributed by atoms with van der Waals surface area (Å²) >= 11 is 1.75. The lowest BCUT2D eigenvalue weighted by Crippen LogP contribution is -1.98. The predicted molar refractivity (Wildman–Crippen MR) is 54.9 cm³/mol. The van der Waals surface area contributed by atoms with E-state index in [2.05, 4.69) is 27.9 Å². The monoisotopic (exact) mass is 193 g/mol. The Morgan fingerprint density at radius 2 is 2.46 bits per heavy atom. The molecule has 4 heteroatoms. The zero-order chi connectivity index (χ0) is 9.10. The van der Waals surface area contributed by atoms with Crippen molar-refractivity contribution in [1.82, 2.24) is 9.78 Å². The number of nitrogens with zero attached hydrogens (tertiary/aromatic N) is 2. The number of rotatable bonds is 3. The quantitative estimate of drug-likeness (QED) is 0.809. The molecule has 0 aliphatic rings. The molecule has 2 aromatic rings. The first kappa shape index (κ1) is 8.31. The summed E-state index contributed by atoms with van der Waals surface area (Å²) in [6, 6.07) is 6.13. The van der Waals surface area contributed by atoms with Crippen LogP contribution in [-0.2, 0) is 13.6 Å². The van der Waals surface area contributed by atoms with E-state index in [4.69, 9.17) is 0 Å². The minimum Gasteiger partial charge on any atom is -0.364 e. The number of aryl methyl sites for hydroxylation is 1. The summed E-state index contributed by atoms with van der Waals surface area (Å²) < 4.78 is 1.79. The van der Waals surface area contributed by atoms with Crippen molar-refractivity contribution in [2.24, 2.45) is 7.05 Å². The van der Waals surface area contributed by atoms with E-state index in [-0.39, 0.29) is 0 Å². The standard InChI is InChI=1S/C9H11N3S/c1-12-5-4-9(11-12)10-7-8-3-2-6-13-8/h2-6H,7H2,1H3,(H,10,11). The van der Waals surface area contributed by atoms with E-state index in [0.717, 1.165) is 12.4 Å². The molecule has 0 spiro atoms. The fraction of sp³-hybridized carbons (Fsp3) is 0.222. The summed E-state index contributed by atoms with van der Waals surface area (Å²) in [6.07, 6.45) is 1.93. The summed E-state index contributed by atoms with van der Waals surface area (Å²) in [6.45, 7) is 0.856. The molecule has 0 aliphatic carbocycles. The molecule has 0 bridgehead atoms. The lowest BCUT2D eigenvalue weighted by atomic mass is 10.4. The zero-order valence-corrected chi connectivity index (χ0v) is 8.21. The smallest absolute Gasteiger partial charge is 0.148 e. The Bertz CT molecular complexity index is 364. The van der Waals surface area contributed by atoms with Gasteiger partial charge in [0.05, 0.1) is 6.54 Å². The highest BCUT2D eigenvalue weighted by atomic mass is 32.1. The number of anilines is 1. The summed E-state index contributed by atoms with van der Waals surface area (Å²) in [5.41, 5.74) is 0. The molecule has 2 rings (SSSR count). The first-order chi connectivity index (χ1) is 6.34. The maximum Gasteiger partial charge on any atom is 0.148 e. The minimum atomic E-state index is 0.856. The third kappa shape index (κ3) is 2.09. The third-order valence-corrected chi connectivity index (χ3v) is 2.61. The van der Waals surface area contributed by atoms with Crippen molar-refractivity contribution >= 4 is 17.2 Å². The first-order valence-electron chi connectivity index (χ1n) is 4.10. The molecule has 0 unspecified atom stereocenters. The highest BCUT2D eigenvalue weighted by Crippen LogP contribution is 2.10. The zero-order valence-electron chi connectivity index (χ0n) is 7.40. The number of aromatic nitrogens is 2. The molecule has 0 aliphatic heterocycles. The lowest BCUT2D eigenvalue weighted by molar-refractivity contribution is 0.768. The summed E-state index contributed by atoms with van der Waals surface area (Å²) in [4.78, 5) is 1.32. The van der Waals surface area contributed by atoms with Gasteiger partial charge in [0.25, 0.3) is 0 Å². The Labute approximate surface area is 81.0 Å². The molecule has 0 saturated heterocycles. The molecule has 0 fully saturated rings. The molecule has 2 aromatic heterocycles. The SMILES string of the molecule is Cn1ccc(NCc2cccs2)n1. The van der Waals surface area contributed by atoms with Crippen LogP contribution in [0.5, 0.6) is 0 Å². The van der Waals surface area contributed by atoms with Gasteiger partial charge in [0.1, 0.15) is 5.82 Å². The average molecular weight is 193 g/mol. The minimum absolute atomic E-state index is 0.856. The van der Waals surface area contributed by atoms with Crippen molar-refractivity contribution in [1.29, 1.82) is 0 Å². The second-order valence-electron chi connectivity index (χ2n) is 2.81. The van der Waals surface area contributed by atoms with Crippen LogP contribution in [0.25, 0.3) is 0 Å². The largest absolute Gasteiger partial charge is 0.364 e. The third-order valence-electron chi connectivity index (χ3n) is 1.74. The lowest BCUT2D eigenvalue weighted by Gasteiger charge is -1.98. The van der Waals surface area contributed by atoms with Crippen LogP contribution < -0.4 is 5.32 Å². The summed E-state index contributed by atoms with van der Waals surface area (Å²) in [7, 11) is 1.91. The van der Waals surface area contributed by atoms with Crippen LogP contribution in [0.4, 0.5) is 5.82 Å². The van der Waals surface area contributed by atoms with Crippen molar-refractivity contribution in [2.45, 2.75) is 6.54 Å². The molecule has 0 radical (unpaired) electrons. The molecule has 3 nitrogen and oxygen atoms in total. The van der Waals surface area contributed by atoms with Gasteiger partial charge in [-0.05, 0) is 11.4 Å². The van der Waals surface area contributed by atoms with Gasteiger partial charge in [-0.3, -0.25) is 4.68 Å². The van der Waals surface area contributed by atoms with E-state index in [1.807, 2.05) is 19.3 Å². The molecule has 1 N–H and O–H groups in total. The normalized spacial score (nSPS) is 10.2. The van der Waals surface area contributed by atoms with Gasteiger partial charge in [-0.25, -0.2) is 0 Å². The first-order valence-corrected chi connectivity index (χ1v) is 4.98. The number of hydrogen-bond acceptors (Lipinski definition) is 3. The van der Waals surface area contributed by atoms with Crippen molar-refractivity contribution in [3.63, 3.8) is 0 Å². The van der Waals surface area contributed by atoms with Crippen LogP contribution in [0.2, 0.25) is 0 Å². The fourth-order valence-corrected chi connectivity index (χ4v) is 1.74. The molecule has 2 heterocycles. The van der Waals surface area contributed by atoms with Gasteiger partial charge >= 0.3 is 0 Å². The maximum absolute atomic E-state index is 4.22. The summed E-state index contributed by atoms with van der Waals surface area (Å²) in [5.74, 6) is 0.927. The molecule has 0 amide bonds. The molecule has 13 heavy (non-hydrogen) atoms. The van der Waals surface area contributed by atoms with Gasteiger partial charge in [-0.1, -0.05) is 6.07 Å². The Balaban J connectivity index is 1.93. The van der Waals surface area contributed by atoms with Crippen LogP contribution in [0, 0.1) is 0 Å². The topological polar surface area (TPSA) is 29.9 Å². The fourth-order valence-electron chi connectivity index (χ4n) is 1.10. The van der Waals surface area contributed by atoms with E-state index >= 15 is 0 Å². The van der Waals surface area contributed by atoms with E-state index in [1.165, 1.54) is 4.88 Å². The number of hydrogen-bond donors (Lipinski definition) is 1. The van der Waals surface area contributed by atoms with Gasteiger partial charge in [0.2, 0.25) is 0 Å². The molecule has 0 saturated carbocycles. The Hall–Kier alpha value is -1.29. The van der Waals surface area contributed by atoms with E-state index in [1.54, 1.807) is 16.0 Å². The number of thiophene rings is 1. The average Bonchev–Trinajstić information content (AvgIpc) is 2.71. The molecule has 68 valence electrons. The van der Waals surface area contributed by atoms with Crippen LogP contribution in [-0.4, -0.2) is 9.78 Å². The maximum atomic E-state index is 4.22. The van der Waals surface area contributed by atoms with Crippen molar-refractivity contribution in [2.75, 3.05) is 5.32 Å². The van der Waals surface area contributed by atoms with Gasteiger partial charge in [0.15, 0.2) is 0 Å². The molecule has 0 atom stereocenters. The second-order valence-corrected chi connectivity index (χ2v) is 3.84. The van der Waals surface area contributed by atoms with Gasteiger partial charge in [0, 0.05) is 24.2 Å². The van der Waals surface area contributed by atoms with E-state index in [9.17, 15) is 0 Å². The van der Waals surface area contributed by atoms with Crippen molar-refractivity contribution < 1.29 is 0 Å². The highest BCUT2D eigenvalue weighted by molar-refractivity contribution is 7.09. The van der Waals surface area contributed by atoms with Crippen LogP contribution in [0.3, 0.4) is 0 Å². The Morgan fingerprint density at radius 3 is 3.08 bits per heavy atom. The summed E-state index contributed by atoms with van der Waals surface area (Å²) in [5, 5.41) is 9.55. The van der Waals surface area contributed by atoms with Gasteiger partial charge in [-0.15, -0.1) is 11.3 Å². The van der Waals surface area contributed by atoms with Gasteiger partial charge < -0.3 is 5.32 Å². The van der Waals surface area contributed by atoms with Gasteiger partial charge in [-0.2, -0.15) is 5.10 Å². The Morgan fingerprint density at radius 1 is 1.54 bits per heavy atom. The van der Waals surface area contributed by atoms with Crippen molar-refractivity contribution in [3.05, 3.63) is 34.7 Å². The van der Waals surface area contributed by atoms with Crippen molar-refractivity contribution in [3.8, 4) is 0 Å². The predicted octanol–water partition coefficient (Wildman–Crippen LogP) is 2.09. The van der Waals surface area contributed by atoms with E-state index in [0.29, 0.717) is 0 Å². The Kier molecular flexibility index (Phi) is 2.31. The highest BCUT2D eigenvalue weighted by Gasteiger charge is 1.96. The molecule has 0 aromatic carbocycles. The van der Waals surface area contributed by atoms with Crippen LogP contribution in [0.1, 0.15) is 4.88 Å².